The van der Waals surface area contributed by atoms with Crippen LogP contribution in [0.2, 0.25) is 0 Å². The average Bonchev–Trinajstić information content (AvgIpc) is 2.44. The second-order valence-corrected chi connectivity index (χ2v) is 8.95. The van der Waals surface area contributed by atoms with E-state index in [4.69, 9.17) is 5.11 Å². The summed E-state index contributed by atoms with van der Waals surface area (Å²) in [6.07, 6.45) is -8.36. The maximum Gasteiger partial charge on any atom is 0.418 e. The van der Waals surface area contributed by atoms with Crippen molar-refractivity contribution in [1.29, 1.82) is 0 Å². The summed E-state index contributed by atoms with van der Waals surface area (Å²) in [6.45, 7) is 2.59. The molecule has 0 aromatic heterocycles. The maximum absolute atomic E-state index is 14.3. The summed E-state index contributed by atoms with van der Waals surface area (Å²) in [5.41, 5.74) is -4.77. The smallest absolute Gasteiger partial charge is 0.418 e. The van der Waals surface area contributed by atoms with Crippen LogP contribution in [0.1, 0.15) is 26.3 Å². The molecule has 0 fully saturated rings. The van der Waals surface area contributed by atoms with Crippen molar-refractivity contribution >= 4 is 27.3 Å². The number of alkyl halides is 4. The van der Waals surface area contributed by atoms with Gasteiger partial charge in [0.25, 0.3) is 0 Å². The third kappa shape index (κ3) is 4.21. The predicted octanol–water partition coefficient (Wildman–Crippen LogP) is 3.73. The van der Waals surface area contributed by atoms with Gasteiger partial charge < -0.3 is 9.66 Å². The summed E-state index contributed by atoms with van der Waals surface area (Å²) < 4.78 is 82.8. The van der Waals surface area contributed by atoms with E-state index >= 15 is 0 Å². The van der Waals surface area contributed by atoms with E-state index in [1.165, 1.54) is 20.8 Å². The number of halogens is 6. The third-order valence-electron chi connectivity index (χ3n) is 3.24. The van der Waals surface area contributed by atoms with E-state index in [2.05, 4.69) is 15.9 Å². The van der Waals surface area contributed by atoms with Gasteiger partial charge in [-0.15, -0.1) is 4.72 Å². The van der Waals surface area contributed by atoms with Gasteiger partial charge in [-0.3, -0.25) is 0 Å². The lowest BCUT2D eigenvalue weighted by atomic mass is 9.85. The Labute approximate surface area is 148 Å². The number of aliphatic hydroxyl groups excluding tert-OH is 1. The molecule has 0 aliphatic rings. The first-order valence-electron chi connectivity index (χ1n) is 6.74. The second kappa shape index (κ2) is 7.45. The van der Waals surface area contributed by atoms with Crippen LogP contribution < -0.4 is 4.72 Å². The Kier molecular flexibility index (Phi) is 6.71. The van der Waals surface area contributed by atoms with E-state index in [9.17, 15) is 26.5 Å². The molecule has 0 radical (unpaired) electrons. The Bertz CT molecular complexity index is 581. The van der Waals surface area contributed by atoms with E-state index in [0.717, 1.165) is 18.2 Å². The zero-order valence-corrected chi connectivity index (χ0v) is 15.5. The Morgan fingerprint density at radius 1 is 1.29 bits per heavy atom. The van der Waals surface area contributed by atoms with Crippen LogP contribution in [-0.4, -0.2) is 33.4 Å². The fraction of sp³-hybridized carbons (Fsp3) is 0.571. The first kappa shape index (κ1) is 21.6. The molecule has 2 N–H and O–H groups in total. The van der Waals surface area contributed by atoms with Crippen LogP contribution in [0.4, 0.5) is 22.0 Å². The predicted molar refractivity (Wildman–Crippen MR) is 84.8 cm³/mol. The van der Waals surface area contributed by atoms with E-state index < -0.39 is 52.0 Å². The van der Waals surface area contributed by atoms with Crippen LogP contribution in [0.15, 0.2) is 22.7 Å². The minimum Gasteiger partial charge on any atom is -0.598 e. The molecule has 138 valence electrons. The molecule has 0 aliphatic carbocycles. The third-order valence-corrected chi connectivity index (χ3v) is 5.35. The second-order valence-electron chi connectivity index (χ2n) is 6.06. The van der Waals surface area contributed by atoms with Crippen molar-refractivity contribution in [1.82, 2.24) is 4.72 Å². The minimum absolute atomic E-state index is 0.0704. The highest BCUT2D eigenvalue weighted by molar-refractivity contribution is 9.10. The summed E-state index contributed by atoms with van der Waals surface area (Å²) in [5, 5.41) is 9.02. The molecular formula is C14H17BrF5NO2S. The van der Waals surface area contributed by atoms with E-state index in [0.29, 0.717) is 0 Å². The van der Waals surface area contributed by atoms with Gasteiger partial charge in [0, 0.05) is 21.4 Å². The Morgan fingerprint density at radius 2 is 1.83 bits per heavy atom. The van der Waals surface area contributed by atoms with Crippen LogP contribution >= 0.6 is 15.9 Å². The molecule has 0 spiro atoms. The molecule has 3 atom stereocenters. The standard InChI is InChI=1S/C14H17BrF5NO2S/c1-12(2,3)24(23)21-13(11(17)7-22,14(18,19)20)9-6-8(15)4-5-10(9)16/h4-6,11,21-22H,7H2,1-3H3/t11-,13-,24?/m1/s1. The van der Waals surface area contributed by atoms with Crippen molar-refractivity contribution in [3.63, 3.8) is 0 Å². The van der Waals surface area contributed by atoms with E-state index in [1.807, 2.05) is 0 Å². The minimum atomic E-state index is -5.38. The zero-order chi connectivity index (χ0) is 18.9. The number of benzene rings is 1. The van der Waals surface area contributed by atoms with E-state index in [1.54, 1.807) is 4.72 Å². The summed E-state index contributed by atoms with van der Waals surface area (Å²) in [4.78, 5) is 0. The Balaban J connectivity index is 3.69. The highest BCUT2D eigenvalue weighted by Crippen LogP contribution is 2.45. The van der Waals surface area contributed by atoms with Gasteiger partial charge in [-0.05, 0) is 39.0 Å². The molecule has 0 bridgehead atoms. The lowest BCUT2D eigenvalue weighted by molar-refractivity contribution is -0.217. The Morgan fingerprint density at radius 3 is 2.25 bits per heavy atom. The summed E-state index contributed by atoms with van der Waals surface area (Å²) in [6, 6.07) is 2.62. The summed E-state index contributed by atoms with van der Waals surface area (Å²) in [7, 11) is 0. The first-order valence-corrected chi connectivity index (χ1v) is 8.68. The van der Waals surface area contributed by atoms with Crippen molar-refractivity contribution in [2.45, 2.75) is 43.4 Å². The summed E-state index contributed by atoms with van der Waals surface area (Å²) in [5.74, 6) is -1.34. The van der Waals surface area contributed by atoms with Crippen molar-refractivity contribution < 1.29 is 31.6 Å². The fourth-order valence-corrected chi connectivity index (χ4v) is 3.22. The molecule has 1 unspecified atom stereocenters. The van der Waals surface area contributed by atoms with E-state index in [-0.39, 0.29) is 4.47 Å². The van der Waals surface area contributed by atoms with Crippen LogP contribution in [0.5, 0.6) is 0 Å². The number of rotatable bonds is 5. The molecule has 0 heterocycles. The lowest BCUT2D eigenvalue weighted by Gasteiger charge is -2.40. The first-order chi connectivity index (χ1) is 10.8. The van der Waals surface area contributed by atoms with Crippen molar-refractivity contribution in [2.24, 2.45) is 0 Å². The molecule has 0 saturated carbocycles. The molecule has 1 rings (SSSR count). The highest BCUT2D eigenvalue weighted by Gasteiger charge is 2.66. The van der Waals surface area contributed by atoms with Gasteiger partial charge in [0.1, 0.15) is 10.6 Å². The van der Waals surface area contributed by atoms with Crippen LogP contribution in [0.25, 0.3) is 0 Å². The van der Waals surface area contributed by atoms with Gasteiger partial charge in [0.2, 0.25) is 5.54 Å². The maximum atomic E-state index is 14.3. The Hall–Kier alpha value is -0.420. The molecule has 0 saturated heterocycles. The molecule has 1 aromatic rings. The molecule has 3 nitrogen and oxygen atoms in total. The number of nitrogens with one attached hydrogen (secondary N) is 1. The SMILES string of the molecule is CC(C)(C)[S+]([O-])N[C@](c1cc(Br)ccc1F)([C@H](F)CO)C(F)(F)F. The molecule has 0 aliphatic heterocycles. The molecule has 10 heteroatoms. The molecule has 24 heavy (non-hydrogen) atoms. The molecule has 0 amide bonds. The fourth-order valence-electron chi connectivity index (χ4n) is 1.91. The number of hydrogen-bond acceptors (Lipinski definition) is 3. The van der Waals surface area contributed by atoms with Crippen LogP contribution in [0.3, 0.4) is 0 Å². The molecular weight excluding hydrogens is 421 g/mol. The average molecular weight is 438 g/mol. The summed E-state index contributed by atoms with van der Waals surface area (Å²) >= 11 is 0.516. The number of aliphatic hydroxyl groups is 1. The zero-order valence-electron chi connectivity index (χ0n) is 13.0. The van der Waals surface area contributed by atoms with Crippen LogP contribution in [0, 0.1) is 5.82 Å². The van der Waals surface area contributed by atoms with Gasteiger partial charge in [-0.1, -0.05) is 15.9 Å². The van der Waals surface area contributed by atoms with Gasteiger partial charge >= 0.3 is 6.18 Å². The topological polar surface area (TPSA) is 55.3 Å². The van der Waals surface area contributed by atoms with Crippen LogP contribution in [-0.2, 0) is 16.9 Å². The quantitative estimate of drug-likeness (QED) is 0.545. The van der Waals surface area contributed by atoms with Crippen molar-refractivity contribution in [3.8, 4) is 0 Å². The lowest BCUT2D eigenvalue weighted by Crippen LogP contribution is -2.65. The van der Waals surface area contributed by atoms with Crippen molar-refractivity contribution in [3.05, 3.63) is 34.1 Å². The normalized spacial score (nSPS) is 18.1. The van der Waals surface area contributed by atoms with Gasteiger partial charge in [0.05, 0.1) is 6.61 Å². The monoisotopic (exact) mass is 437 g/mol. The van der Waals surface area contributed by atoms with Gasteiger partial charge in [0.15, 0.2) is 6.17 Å². The largest absolute Gasteiger partial charge is 0.598 e. The number of hydrogen-bond donors (Lipinski definition) is 2. The van der Waals surface area contributed by atoms with Gasteiger partial charge in [-0.2, -0.15) is 13.2 Å². The highest BCUT2D eigenvalue weighted by atomic mass is 79.9. The van der Waals surface area contributed by atoms with Crippen molar-refractivity contribution in [2.75, 3.05) is 6.61 Å². The van der Waals surface area contributed by atoms with Gasteiger partial charge in [-0.25, -0.2) is 8.78 Å². The molecule has 1 aromatic carbocycles.